The van der Waals surface area contributed by atoms with Crippen LogP contribution in [0.2, 0.25) is 0 Å². The fraction of sp³-hybridized carbons (Fsp3) is 0.400. The topological polar surface area (TPSA) is 63.4 Å². The molecule has 1 aromatic heterocycles. The number of rotatable bonds is 8. The van der Waals surface area contributed by atoms with E-state index in [1.807, 2.05) is 30.5 Å². The number of fused-ring (bicyclic) bond motifs is 1. The van der Waals surface area contributed by atoms with Crippen LogP contribution in [0.1, 0.15) is 16.8 Å². The van der Waals surface area contributed by atoms with Gasteiger partial charge in [0.1, 0.15) is 0 Å². The number of carbonyl (C=O) groups excluding carboxylic acids is 1. The molecule has 0 radical (unpaired) electrons. The van der Waals surface area contributed by atoms with Crippen molar-refractivity contribution in [1.29, 1.82) is 0 Å². The van der Waals surface area contributed by atoms with E-state index in [1.165, 1.54) is 0 Å². The molecule has 1 amide bonds. The Kier molecular flexibility index (Phi) is 5.58. The van der Waals surface area contributed by atoms with Crippen LogP contribution in [0.25, 0.3) is 10.9 Å². The number of aromatic amines is 1. The third-order valence-corrected chi connectivity index (χ3v) is 3.00. The van der Waals surface area contributed by atoms with E-state index in [0.29, 0.717) is 31.9 Å². The standard InChI is InChI=1S/C15H20N2O3/c1-19-9-10-20-8-2-6-17-15(18)13-3-4-14-12(11-13)5-7-16-14/h3-5,7,11,16H,2,6,8-10H2,1H3,(H,17,18). The third kappa shape index (κ3) is 4.08. The zero-order valence-corrected chi connectivity index (χ0v) is 11.6. The molecule has 0 aliphatic rings. The number of methoxy groups -OCH3 is 1. The molecular weight excluding hydrogens is 256 g/mol. The molecule has 0 fully saturated rings. The van der Waals surface area contributed by atoms with Gasteiger partial charge in [-0.05, 0) is 30.7 Å². The summed E-state index contributed by atoms with van der Waals surface area (Å²) in [7, 11) is 1.64. The molecule has 0 spiro atoms. The van der Waals surface area contributed by atoms with Crippen molar-refractivity contribution in [3.05, 3.63) is 36.0 Å². The second-order valence-electron chi connectivity index (χ2n) is 4.49. The molecule has 0 bridgehead atoms. The van der Waals surface area contributed by atoms with E-state index in [-0.39, 0.29) is 5.91 Å². The fourth-order valence-corrected chi connectivity index (χ4v) is 1.92. The largest absolute Gasteiger partial charge is 0.382 e. The summed E-state index contributed by atoms with van der Waals surface area (Å²) in [5.41, 5.74) is 1.71. The maximum absolute atomic E-state index is 12.0. The highest BCUT2D eigenvalue weighted by atomic mass is 16.5. The van der Waals surface area contributed by atoms with Crippen molar-refractivity contribution in [1.82, 2.24) is 10.3 Å². The van der Waals surface area contributed by atoms with Crippen molar-refractivity contribution in [3.63, 3.8) is 0 Å². The summed E-state index contributed by atoms with van der Waals surface area (Å²) in [4.78, 5) is 15.1. The molecule has 0 saturated carbocycles. The molecule has 5 heteroatoms. The summed E-state index contributed by atoms with van der Waals surface area (Å²) >= 11 is 0. The second-order valence-corrected chi connectivity index (χ2v) is 4.49. The van der Waals surface area contributed by atoms with Gasteiger partial charge in [0.25, 0.3) is 5.91 Å². The molecule has 0 unspecified atom stereocenters. The van der Waals surface area contributed by atoms with Gasteiger partial charge in [0, 0.05) is 42.9 Å². The number of hydrogen-bond acceptors (Lipinski definition) is 3. The van der Waals surface area contributed by atoms with E-state index < -0.39 is 0 Å². The first-order chi connectivity index (χ1) is 9.81. The van der Waals surface area contributed by atoms with Crippen LogP contribution >= 0.6 is 0 Å². The smallest absolute Gasteiger partial charge is 0.251 e. The molecule has 2 N–H and O–H groups in total. The maximum Gasteiger partial charge on any atom is 0.251 e. The molecule has 0 atom stereocenters. The lowest BCUT2D eigenvalue weighted by Crippen LogP contribution is -2.25. The number of benzene rings is 1. The summed E-state index contributed by atoms with van der Waals surface area (Å²) in [5, 5.41) is 3.93. The fourth-order valence-electron chi connectivity index (χ4n) is 1.92. The van der Waals surface area contributed by atoms with Crippen molar-refractivity contribution in [2.45, 2.75) is 6.42 Å². The van der Waals surface area contributed by atoms with Crippen LogP contribution in [0.4, 0.5) is 0 Å². The normalized spacial score (nSPS) is 10.8. The van der Waals surface area contributed by atoms with Crippen molar-refractivity contribution in [2.75, 3.05) is 33.5 Å². The highest BCUT2D eigenvalue weighted by Crippen LogP contribution is 2.14. The number of amides is 1. The summed E-state index contributed by atoms with van der Waals surface area (Å²) in [6, 6.07) is 7.58. The zero-order valence-electron chi connectivity index (χ0n) is 11.6. The maximum atomic E-state index is 12.0. The van der Waals surface area contributed by atoms with Gasteiger partial charge in [0.05, 0.1) is 13.2 Å². The van der Waals surface area contributed by atoms with Crippen LogP contribution in [0.3, 0.4) is 0 Å². The predicted molar refractivity (Wildman–Crippen MR) is 77.9 cm³/mol. The Morgan fingerprint density at radius 3 is 3.00 bits per heavy atom. The zero-order chi connectivity index (χ0) is 14.2. The van der Waals surface area contributed by atoms with Crippen LogP contribution in [0.5, 0.6) is 0 Å². The summed E-state index contributed by atoms with van der Waals surface area (Å²) in [6.07, 6.45) is 2.66. The minimum absolute atomic E-state index is 0.0509. The van der Waals surface area contributed by atoms with Gasteiger partial charge in [0.2, 0.25) is 0 Å². The monoisotopic (exact) mass is 276 g/mol. The quantitative estimate of drug-likeness (QED) is 0.724. The summed E-state index contributed by atoms with van der Waals surface area (Å²) < 4.78 is 10.2. The Labute approximate surface area is 118 Å². The number of hydrogen-bond donors (Lipinski definition) is 2. The Bertz CT molecular complexity index is 551. The summed E-state index contributed by atoms with van der Waals surface area (Å²) in [5.74, 6) is -0.0509. The van der Waals surface area contributed by atoms with E-state index in [4.69, 9.17) is 9.47 Å². The van der Waals surface area contributed by atoms with E-state index in [2.05, 4.69) is 10.3 Å². The first-order valence-corrected chi connectivity index (χ1v) is 6.73. The van der Waals surface area contributed by atoms with Crippen molar-refractivity contribution >= 4 is 16.8 Å². The highest BCUT2D eigenvalue weighted by molar-refractivity contribution is 5.98. The lowest BCUT2D eigenvalue weighted by molar-refractivity contribution is 0.0688. The van der Waals surface area contributed by atoms with E-state index in [1.54, 1.807) is 7.11 Å². The third-order valence-electron chi connectivity index (χ3n) is 3.00. The van der Waals surface area contributed by atoms with Crippen LogP contribution in [-0.2, 0) is 9.47 Å². The average molecular weight is 276 g/mol. The van der Waals surface area contributed by atoms with Gasteiger partial charge in [-0.1, -0.05) is 0 Å². The predicted octanol–water partition coefficient (Wildman–Crippen LogP) is 1.95. The van der Waals surface area contributed by atoms with Gasteiger partial charge in [0.15, 0.2) is 0 Å². The number of aromatic nitrogens is 1. The molecule has 1 aromatic carbocycles. The second kappa shape index (κ2) is 7.67. The minimum Gasteiger partial charge on any atom is -0.382 e. The molecule has 1 heterocycles. The van der Waals surface area contributed by atoms with E-state index >= 15 is 0 Å². The van der Waals surface area contributed by atoms with Gasteiger partial charge >= 0.3 is 0 Å². The molecular formula is C15H20N2O3. The van der Waals surface area contributed by atoms with Crippen LogP contribution < -0.4 is 5.32 Å². The SMILES string of the molecule is COCCOCCCNC(=O)c1ccc2[nH]ccc2c1. The van der Waals surface area contributed by atoms with E-state index in [9.17, 15) is 4.79 Å². The number of nitrogens with one attached hydrogen (secondary N) is 2. The molecule has 0 aliphatic heterocycles. The van der Waals surface area contributed by atoms with Crippen molar-refractivity contribution in [3.8, 4) is 0 Å². The van der Waals surface area contributed by atoms with Crippen LogP contribution in [0, 0.1) is 0 Å². The first kappa shape index (κ1) is 14.6. The van der Waals surface area contributed by atoms with Crippen molar-refractivity contribution in [2.24, 2.45) is 0 Å². The van der Waals surface area contributed by atoms with Crippen molar-refractivity contribution < 1.29 is 14.3 Å². The number of carbonyl (C=O) groups is 1. The van der Waals surface area contributed by atoms with Gasteiger partial charge in [-0.15, -0.1) is 0 Å². The van der Waals surface area contributed by atoms with E-state index in [0.717, 1.165) is 17.3 Å². The Hall–Kier alpha value is -1.85. The molecule has 0 aliphatic carbocycles. The lowest BCUT2D eigenvalue weighted by Gasteiger charge is -2.06. The molecule has 108 valence electrons. The Balaban J connectivity index is 1.71. The number of H-pyrrole nitrogens is 1. The van der Waals surface area contributed by atoms with Gasteiger partial charge < -0.3 is 19.8 Å². The van der Waals surface area contributed by atoms with Crippen LogP contribution in [-0.4, -0.2) is 44.4 Å². The Morgan fingerprint density at radius 1 is 1.25 bits per heavy atom. The average Bonchev–Trinajstić information content (AvgIpc) is 2.93. The summed E-state index contributed by atoms with van der Waals surface area (Å²) in [6.45, 7) is 2.43. The molecule has 0 saturated heterocycles. The lowest BCUT2D eigenvalue weighted by atomic mass is 10.1. The number of ether oxygens (including phenoxy) is 2. The molecule has 2 rings (SSSR count). The van der Waals surface area contributed by atoms with Gasteiger partial charge in [-0.3, -0.25) is 4.79 Å². The van der Waals surface area contributed by atoms with Crippen LogP contribution in [0.15, 0.2) is 30.5 Å². The molecule has 20 heavy (non-hydrogen) atoms. The van der Waals surface area contributed by atoms with Gasteiger partial charge in [-0.2, -0.15) is 0 Å². The van der Waals surface area contributed by atoms with Gasteiger partial charge in [-0.25, -0.2) is 0 Å². The minimum atomic E-state index is -0.0509. The molecule has 5 nitrogen and oxygen atoms in total. The first-order valence-electron chi connectivity index (χ1n) is 6.73. The Morgan fingerprint density at radius 2 is 2.15 bits per heavy atom. The highest BCUT2D eigenvalue weighted by Gasteiger charge is 2.05. The molecule has 2 aromatic rings.